The van der Waals surface area contributed by atoms with E-state index in [4.69, 9.17) is 22.0 Å². The van der Waals surface area contributed by atoms with Gasteiger partial charge in [0.05, 0.1) is 28.9 Å². The number of nitrogens with zero attached hydrogens (tertiary/aromatic N) is 5. The predicted octanol–water partition coefficient (Wildman–Crippen LogP) is 1.56. The maximum Gasteiger partial charge on any atom is 0.380 e. The second-order valence-electron chi connectivity index (χ2n) is 5.56. The number of phenolic OH excluding ortho intramolecular Hbond substituents is 1. The molecule has 3 aromatic rings. The Balaban J connectivity index is 1.96. The van der Waals surface area contributed by atoms with Gasteiger partial charge in [-0.15, -0.1) is 10.2 Å². The van der Waals surface area contributed by atoms with Crippen LogP contribution >= 0.6 is 11.6 Å². The van der Waals surface area contributed by atoms with Crippen LogP contribution in [0, 0.1) is 11.3 Å². The van der Waals surface area contributed by atoms with Crippen molar-refractivity contribution in [1.29, 1.82) is 5.26 Å². The Morgan fingerprint density at radius 3 is 2.43 bits per heavy atom. The van der Waals surface area contributed by atoms with Crippen molar-refractivity contribution in [3.8, 4) is 17.6 Å². The highest BCUT2D eigenvalue weighted by Gasteiger charge is 2.18. The number of aromatic hydroxyl groups is 1. The molecule has 0 fully saturated rings. The number of anilines is 1. The number of nitriles is 1. The molecule has 0 amide bonds. The van der Waals surface area contributed by atoms with Gasteiger partial charge in [-0.1, -0.05) is 11.6 Å². The van der Waals surface area contributed by atoms with Crippen LogP contribution in [0.2, 0.25) is 5.02 Å². The third-order valence-electron chi connectivity index (χ3n) is 3.60. The molecule has 28 heavy (non-hydrogen) atoms. The summed E-state index contributed by atoms with van der Waals surface area (Å²) in [5.74, 6) is -0.942. The molecule has 2 aromatic carbocycles. The van der Waals surface area contributed by atoms with Crippen molar-refractivity contribution < 1.29 is 17.7 Å². The minimum absolute atomic E-state index is 0.132. The number of benzene rings is 2. The molecule has 0 saturated carbocycles. The van der Waals surface area contributed by atoms with E-state index in [1.165, 1.54) is 24.8 Å². The zero-order valence-electron chi connectivity index (χ0n) is 14.1. The molecule has 1 aromatic heterocycles. The molecule has 3 rings (SSSR count). The summed E-state index contributed by atoms with van der Waals surface area (Å²) in [6.07, 6.45) is 2.94. The topological polar surface area (TPSA) is 147 Å². The van der Waals surface area contributed by atoms with Gasteiger partial charge < -0.3 is 9.29 Å². The normalized spacial score (nSPS) is 11.0. The van der Waals surface area contributed by atoms with Crippen molar-refractivity contribution in [3.05, 3.63) is 65.2 Å². The van der Waals surface area contributed by atoms with E-state index < -0.39 is 21.8 Å². The summed E-state index contributed by atoms with van der Waals surface area (Å²) in [6.45, 7) is 0.201. The third kappa shape index (κ3) is 4.49. The molecule has 0 radical (unpaired) electrons. The Morgan fingerprint density at radius 2 is 1.89 bits per heavy atom. The van der Waals surface area contributed by atoms with Crippen molar-refractivity contribution in [2.45, 2.75) is 6.54 Å². The van der Waals surface area contributed by atoms with Crippen LogP contribution in [0.1, 0.15) is 11.1 Å². The second-order valence-corrected chi connectivity index (χ2v) is 7.12. The molecular weight excluding hydrogens is 408 g/mol. The van der Waals surface area contributed by atoms with Crippen LogP contribution in [0.4, 0.5) is 5.69 Å². The highest BCUT2D eigenvalue weighted by molar-refractivity contribution is 7.84. The van der Waals surface area contributed by atoms with E-state index in [2.05, 4.69) is 14.4 Å². The number of phenols is 1. The van der Waals surface area contributed by atoms with E-state index in [9.17, 15) is 13.5 Å². The molecule has 0 bridgehead atoms. The first-order valence-electron chi connectivity index (χ1n) is 7.63. The lowest BCUT2D eigenvalue weighted by molar-refractivity contribution is 0.428. The van der Waals surface area contributed by atoms with Crippen LogP contribution in [-0.4, -0.2) is 28.4 Å². The highest BCUT2D eigenvalue weighted by Crippen LogP contribution is 2.36. The van der Waals surface area contributed by atoms with Crippen LogP contribution < -0.4 is 14.3 Å². The van der Waals surface area contributed by atoms with E-state index in [-0.39, 0.29) is 11.6 Å². The number of hydrogen-bond donors (Lipinski definition) is 2. The van der Waals surface area contributed by atoms with E-state index >= 15 is 0 Å². The maximum atomic E-state index is 11.1. The monoisotopic (exact) mass is 420 g/mol. The minimum Gasteiger partial charge on any atom is -0.504 e. The van der Waals surface area contributed by atoms with E-state index in [0.29, 0.717) is 16.8 Å². The lowest BCUT2D eigenvalue weighted by Crippen LogP contribution is -2.27. The van der Waals surface area contributed by atoms with Gasteiger partial charge in [-0.25, -0.2) is 4.68 Å². The first-order chi connectivity index (χ1) is 13.3. The number of nitrogens with two attached hydrogens (primary N) is 1. The summed E-state index contributed by atoms with van der Waals surface area (Å²) in [5, 5.41) is 33.0. The summed E-state index contributed by atoms with van der Waals surface area (Å²) in [5.41, 5.74) is 1.74. The molecule has 0 atom stereocenters. The summed E-state index contributed by atoms with van der Waals surface area (Å²) in [7, 11) is -4.35. The van der Waals surface area contributed by atoms with Gasteiger partial charge in [0.25, 0.3) is 0 Å². The van der Waals surface area contributed by atoms with Crippen LogP contribution in [0.5, 0.6) is 11.5 Å². The predicted molar refractivity (Wildman–Crippen MR) is 99.6 cm³/mol. The fraction of sp³-hybridized carbons (Fsp3) is 0.0625. The lowest BCUT2D eigenvalue weighted by atomic mass is 10.1. The van der Waals surface area contributed by atoms with Crippen LogP contribution in [0.15, 0.2) is 49.1 Å². The van der Waals surface area contributed by atoms with Gasteiger partial charge in [0.1, 0.15) is 12.7 Å². The maximum absolute atomic E-state index is 11.1. The molecule has 3 N–H and O–H groups in total. The van der Waals surface area contributed by atoms with Gasteiger partial charge >= 0.3 is 10.3 Å². The largest absolute Gasteiger partial charge is 0.504 e. The molecular formula is C16H13ClN6O4S. The standard InChI is InChI=1S/C16H13ClN6O4S/c17-14-5-12(6-15(24)16(14)27-28(19,25)26)8-23(22-9-20-21-10-22)13-3-1-11(7-18)2-4-13/h1-6,9-10,24H,8H2,(H2,19,25,26). The second kappa shape index (κ2) is 7.73. The summed E-state index contributed by atoms with van der Waals surface area (Å²) < 4.78 is 28.3. The molecule has 0 aliphatic rings. The first-order valence-corrected chi connectivity index (χ1v) is 9.48. The van der Waals surface area contributed by atoms with Gasteiger partial charge in [-0.3, -0.25) is 5.01 Å². The molecule has 144 valence electrons. The smallest absolute Gasteiger partial charge is 0.380 e. The van der Waals surface area contributed by atoms with Crippen molar-refractivity contribution >= 4 is 27.6 Å². The van der Waals surface area contributed by atoms with Gasteiger partial charge in [0.2, 0.25) is 5.75 Å². The average molecular weight is 421 g/mol. The van der Waals surface area contributed by atoms with Gasteiger partial charge in [0.15, 0.2) is 5.75 Å². The molecule has 10 nitrogen and oxygen atoms in total. The summed E-state index contributed by atoms with van der Waals surface area (Å²) in [4.78, 5) is 0. The molecule has 12 heteroatoms. The average Bonchev–Trinajstić information content (AvgIpc) is 3.16. The van der Waals surface area contributed by atoms with E-state index in [1.807, 2.05) is 6.07 Å². The van der Waals surface area contributed by atoms with Gasteiger partial charge in [-0.2, -0.15) is 18.8 Å². The zero-order valence-corrected chi connectivity index (χ0v) is 15.7. The number of halogens is 1. The van der Waals surface area contributed by atoms with Crippen LogP contribution in [0.25, 0.3) is 0 Å². The third-order valence-corrected chi connectivity index (χ3v) is 4.28. The van der Waals surface area contributed by atoms with Crippen LogP contribution in [-0.2, 0) is 16.8 Å². The first kappa shape index (κ1) is 19.4. The molecule has 0 aliphatic carbocycles. The fourth-order valence-electron chi connectivity index (χ4n) is 2.43. The van der Waals surface area contributed by atoms with Crippen molar-refractivity contribution in [3.63, 3.8) is 0 Å². The van der Waals surface area contributed by atoms with Gasteiger partial charge in [-0.05, 0) is 42.0 Å². The van der Waals surface area contributed by atoms with Crippen LogP contribution in [0.3, 0.4) is 0 Å². The molecule has 0 unspecified atom stereocenters. The minimum atomic E-state index is -4.35. The highest BCUT2D eigenvalue weighted by atomic mass is 35.5. The number of rotatable bonds is 6. The Hall–Kier alpha value is -3.33. The Bertz CT molecular complexity index is 1100. The van der Waals surface area contributed by atoms with Crippen molar-refractivity contribution in [2.24, 2.45) is 5.14 Å². The SMILES string of the molecule is N#Cc1ccc(N(Cc2cc(O)c(OS(N)(=O)=O)c(Cl)c2)n2cnnc2)cc1. The quantitative estimate of drug-likeness (QED) is 0.610. The Morgan fingerprint density at radius 1 is 1.25 bits per heavy atom. The van der Waals surface area contributed by atoms with Crippen molar-refractivity contribution in [2.75, 3.05) is 5.01 Å². The van der Waals surface area contributed by atoms with Crippen molar-refractivity contribution in [1.82, 2.24) is 14.9 Å². The molecule has 1 heterocycles. The summed E-state index contributed by atoms with van der Waals surface area (Å²) in [6, 6.07) is 11.6. The number of hydrogen-bond acceptors (Lipinski definition) is 8. The Labute approximate surface area is 165 Å². The summed E-state index contributed by atoms with van der Waals surface area (Å²) >= 11 is 6.04. The fourth-order valence-corrected chi connectivity index (χ4v) is 3.16. The Kier molecular flexibility index (Phi) is 5.36. The van der Waals surface area contributed by atoms with Gasteiger partial charge in [0, 0.05) is 0 Å². The molecule has 0 saturated heterocycles. The zero-order chi connectivity index (χ0) is 20.3. The lowest BCUT2D eigenvalue weighted by Gasteiger charge is -2.25. The molecule has 0 spiro atoms. The number of aromatic nitrogens is 3. The van der Waals surface area contributed by atoms with E-state index in [0.717, 1.165) is 0 Å². The molecule has 0 aliphatic heterocycles. The van der Waals surface area contributed by atoms with E-state index in [1.54, 1.807) is 34.0 Å².